The first-order valence-electron chi connectivity index (χ1n) is 10.4. The van der Waals surface area contributed by atoms with Crippen molar-refractivity contribution >= 4 is 27.6 Å². The van der Waals surface area contributed by atoms with Crippen molar-refractivity contribution in [2.45, 2.75) is 11.4 Å². The summed E-state index contributed by atoms with van der Waals surface area (Å²) < 4.78 is 34.2. The highest BCUT2D eigenvalue weighted by Gasteiger charge is 2.24. The van der Waals surface area contributed by atoms with Gasteiger partial charge >= 0.3 is 0 Å². The summed E-state index contributed by atoms with van der Waals surface area (Å²) in [5.74, 6) is 0.150. The van der Waals surface area contributed by atoms with Gasteiger partial charge in [0.15, 0.2) is 0 Å². The molecule has 0 bridgehead atoms. The topological polar surface area (TPSA) is 106 Å². The van der Waals surface area contributed by atoms with Crippen molar-refractivity contribution in [2.24, 2.45) is 0 Å². The van der Waals surface area contributed by atoms with Crippen LogP contribution in [0.3, 0.4) is 0 Å². The van der Waals surface area contributed by atoms with Crippen LogP contribution in [0.5, 0.6) is 5.75 Å². The van der Waals surface area contributed by atoms with Crippen LogP contribution in [0.2, 0.25) is 0 Å². The minimum absolute atomic E-state index is 0.0442. The van der Waals surface area contributed by atoms with Gasteiger partial charge in [0, 0.05) is 12.6 Å². The van der Waals surface area contributed by atoms with Gasteiger partial charge in [-0.3, -0.25) is 14.4 Å². The number of ether oxygens (including phenoxy) is 1. The molecule has 0 spiro atoms. The maximum absolute atomic E-state index is 13.1. The lowest BCUT2D eigenvalue weighted by atomic mass is 10.2. The highest BCUT2D eigenvalue weighted by molar-refractivity contribution is 7.92. The first kappa shape index (κ1) is 23.0. The maximum Gasteiger partial charge on any atom is 0.264 e. The summed E-state index contributed by atoms with van der Waals surface area (Å²) >= 11 is 0. The molecule has 0 aliphatic carbocycles. The van der Waals surface area contributed by atoms with E-state index in [0.717, 1.165) is 9.87 Å². The number of nitrogens with one attached hydrogen (secondary N) is 1. The van der Waals surface area contributed by atoms with Crippen molar-refractivity contribution in [1.82, 2.24) is 14.8 Å². The number of carbonyl (C=O) groups is 1. The maximum atomic E-state index is 13.1. The molecule has 0 aliphatic heterocycles. The number of aromatic nitrogens is 3. The van der Waals surface area contributed by atoms with Crippen LogP contribution in [0.15, 0.2) is 90.1 Å². The van der Waals surface area contributed by atoms with Crippen molar-refractivity contribution in [3.8, 4) is 5.75 Å². The molecule has 0 saturated carbocycles. The number of amides is 1. The second-order valence-corrected chi connectivity index (χ2v) is 9.34. The highest BCUT2D eigenvalue weighted by Crippen LogP contribution is 2.30. The lowest BCUT2D eigenvalue weighted by Crippen LogP contribution is -2.27. The van der Waals surface area contributed by atoms with Gasteiger partial charge in [-0.05, 0) is 42.0 Å². The number of hydrogen-bond acceptors (Lipinski definition) is 6. The Balaban J connectivity index is 1.45. The molecule has 4 rings (SSSR count). The molecule has 10 heteroatoms. The van der Waals surface area contributed by atoms with Crippen molar-refractivity contribution in [1.29, 1.82) is 0 Å². The van der Waals surface area contributed by atoms with Crippen LogP contribution in [0.1, 0.15) is 15.9 Å². The predicted octanol–water partition coefficient (Wildman–Crippen LogP) is 3.41. The molecule has 1 amide bonds. The van der Waals surface area contributed by atoms with Crippen LogP contribution in [0.4, 0.5) is 11.6 Å². The number of carbonyl (C=O) groups excluding carboxylic acids is 1. The summed E-state index contributed by atoms with van der Waals surface area (Å²) in [6, 6.07) is 22.2. The molecule has 1 N–H and O–H groups in total. The average Bonchev–Trinajstić information content (AvgIpc) is 3.30. The number of anilines is 2. The van der Waals surface area contributed by atoms with Crippen molar-refractivity contribution in [3.63, 3.8) is 0 Å². The lowest BCUT2D eigenvalue weighted by Gasteiger charge is -2.21. The molecule has 4 aromatic rings. The third-order valence-electron chi connectivity index (χ3n) is 5.15. The van der Waals surface area contributed by atoms with E-state index >= 15 is 0 Å². The van der Waals surface area contributed by atoms with Gasteiger partial charge in [-0.2, -0.15) is 0 Å². The van der Waals surface area contributed by atoms with E-state index in [1.807, 2.05) is 30.3 Å². The fraction of sp³-hybridized carbons (Fsp3) is 0.125. The summed E-state index contributed by atoms with van der Waals surface area (Å²) in [4.78, 5) is 16.8. The number of para-hydroxylation sites is 2. The van der Waals surface area contributed by atoms with Gasteiger partial charge in [0.05, 0.1) is 24.2 Å². The van der Waals surface area contributed by atoms with E-state index in [1.165, 1.54) is 44.8 Å². The van der Waals surface area contributed by atoms with Crippen LogP contribution >= 0.6 is 0 Å². The number of nitrogens with zero attached hydrogens (tertiary/aromatic N) is 4. The number of benzene rings is 3. The molecule has 174 valence electrons. The average molecular weight is 478 g/mol. The molecule has 0 radical (unpaired) electrons. The van der Waals surface area contributed by atoms with Crippen LogP contribution in [-0.4, -0.2) is 43.2 Å². The SMILES string of the molecule is COc1ccccc1N(C)S(=O)(=O)c1ccc(C(=O)Nc2ncn(Cc3ccccc3)n2)cc1. The van der Waals surface area contributed by atoms with Gasteiger partial charge < -0.3 is 4.74 Å². The Kier molecular flexibility index (Phi) is 6.60. The second kappa shape index (κ2) is 9.75. The summed E-state index contributed by atoms with van der Waals surface area (Å²) in [7, 11) is -0.931. The van der Waals surface area contributed by atoms with Gasteiger partial charge in [0.2, 0.25) is 5.95 Å². The normalized spacial score (nSPS) is 11.1. The number of hydrogen-bond donors (Lipinski definition) is 1. The van der Waals surface area contributed by atoms with E-state index in [9.17, 15) is 13.2 Å². The quantitative estimate of drug-likeness (QED) is 0.417. The molecule has 3 aromatic carbocycles. The molecule has 0 atom stereocenters. The van der Waals surface area contributed by atoms with Gasteiger partial charge in [-0.1, -0.05) is 42.5 Å². The standard InChI is InChI=1S/C24H23N5O4S/c1-28(21-10-6-7-11-22(21)33-2)34(31,32)20-14-12-19(13-15-20)23(30)26-24-25-17-29(27-24)16-18-8-4-3-5-9-18/h3-15,17H,16H2,1-2H3,(H,26,27,30). The van der Waals surface area contributed by atoms with Gasteiger partial charge in [0.1, 0.15) is 12.1 Å². The summed E-state index contributed by atoms with van der Waals surface area (Å²) in [5.41, 5.74) is 1.74. The largest absolute Gasteiger partial charge is 0.495 e. The monoisotopic (exact) mass is 477 g/mol. The third-order valence-corrected chi connectivity index (χ3v) is 6.93. The third kappa shape index (κ3) is 4.91. The fourth-order valence-electron chi connectivity index (χ4n) is 3.33. The fourth-order valence-corrected chi connectivity index (χ4v) is 4.53. The van der Waals surface area contributed by atoms with Crippen LogP contribution in [-0.2, 0) is 16.6 Å². The van der Waals surface area contributed by atoms with Crippen molar-refractivity contribution in [2.75, 3.05) is 23.8 Å². The molecule has 0 fully saturated rings. The van der Waals surface area contributed by atoms with Gasteiger partial charge in [-0.15, -0.1) is 5.10 Å². The lowest BCUT2D eigenvalue weighted by molar-refractivity contribution is 0.102. The zero-order valence-electron chi connectivity index (χ0n) is 18.6. The minimum Gasteiger partial charge on any atom is -0.495 e. The molecule has 0 saturated heterocycles. The molecule has 0 unspecified atom stereocenters. The van der Waals surface area contributed by atoms with E-state index < -0.39 is 15.9 Å². The Bertz CT molecular complexity index is 1390. The van der Waals surface area contributed by atoms with Crippen LogP contribution in [0.25, 0.3) is 0 Å². The number of methoxy groups -OCH3 is 1. The Morgan fingerprint density at radius 1 is 1.00 bits per heavy atom. The second-order valence-electron chi connectivity index (χ2n) is 7.37. The van der Waals surface area contributed by atoms with Gasteiger partial charge in [0.25, 0.3) is 15.9 Å². The predicted molar refractivity (Wildman–Crippen MR) is 129 cm³/mol. The molecule has 9 nitrogen and oxygen atoms in total. The van der Waals surface area contributed by atoms with Gasteiger partial charge in [-0.25, -0.2) is 18.1 Å². The molecule has 1 aromatic heterocycles. The Morgan fingerprint density at radius 3 is 2.38 bits per heavy atom. The Hall–Kier alpha value is -4.18. The number of rotatable bonds is 8. The first-order chi connectivity index (χ1) is 16.4. The van der Waals surface area contributed by atoms with E-state index in [0.29, 0.717) is 18.0 Å². The molecule has 0 aliphatic rings. The van der Waals surface area contributed by atoms with E-state index in [-0.39, 0.29) is 16.4 Å². The summed E-state index contributed by atoms with van der Waals surface area (Å²) in [5, 5.41) is 6.89. The van der Waals surface area contributed by atoms with Crippen LogP contribution in [0, 0.1) is 0 Å². The molecular formula is C24H23N5O4S. The van der Waals surface area contributed by atoms with E-state index in [2.05, 4.69) is 15.4 Å². The minimum atomic E-state index is -3.86. The Morgan fingerprint density at radius 2 is 1.68 bits per heavy atom. The molecular weight excluding hydrogens is 454 g/mol. The smallest absolute Gasteiger partial charge is 0.264 e. The van der Waals surface area contributed by atoms with Crippen LogP contribution < -0.4 is 14.4 Å². The summed E-state index contributed by atoms with van der Waals surface area (Å²) in [6.07, 6.45) is 1.53. The zero-order chi connectivity index (χ0) is 24.1. The van der Waals surface area contributed by atoms with E-state index in [1.54, 1.807) is 28.9 Å². The molecule has 1 heterocycles. The zero-order valence-corrected chi connectivity index (χ0v) is 19.4. The van der Waals surface area contributed by atoms with E-state index in [4.69, 9.17) is 4.74 Å². The molecule has 34 heavy (non-hydrogen) atoms. The first-order valence-corrected chi connectivity index (χ1v) is 11.8. The summed E-state index contributed by atoms with van der Waals surface area (Å²) in [6.45, 7) is 0.524. The van der Waals surface area contributed by atoms with Crippen molar-refractivity contribution in [3.05, 3.63) is 96.3 Å². The number of sulfonamides is 1. The highest BCUT2D eigenvalue weighted by atomic mass is 32.2. The van der Waals surface area contributed by atoms with Crippen molar-refractivity contribution < 1.29 is 17.9 Å². The Labute approximate surface area is 197 Å².